The average Bonchev–Trinajstić information content (AvgIpc) is 2.88. The van der Waals surface area contributed by atoms with E-state index in [2.05, 4.69) is 5.10 Å². The van der Waals surface area contributed by atoms with E-state index in [1.54, 1.807) is 15.6 Å². The quantitative estimate of drug-likeness (QED) is 0.799. The lowest BCUT2D eigenvalue weighted by Crippen LogP contribution is -2.55. The molecule has 1 amide bonds. The molecule has 0 aliphatic carbocycles. The molecule has 0 radical (unpaired) electrons. The van der Waals surface area contributed by atoms with Crippen molar-refractivity contribution in [2.45, 2.75) is 25.6 Å². The second kappa shape index (κ2) is 5.31. The topological polar surface area (TPSA) is 46.8 Å². The van der Waals surface area contributed by atoms with Crippen molar-refractivity contribution in [1.29, 1.82) is 0 Å². The van der Waals surface area contributed by atoms with Gasteiger partial charge in [-0.05, 0) is 26.0 Å². The summed E-state index contributed by atoms with van der Waals surface area (Å²) in [5.74, 6) is 0.352. The van der Waals surface area contributed by atoms with E-state index in [4.69, 9.17) is 16.3 Å². The zero-order valence-corrected chi connectivity index (χ0v) is 12.9. The fourth-order valence-electron chi connectivity index (χ4n) is 2.80. The molecule has 3 heterocycles. The number of hydrogen-bond donors (Lipinski definition) is 0. The number of fused-ring (bicyclic) bond motifs is 1. The Morgan fingerprint density at radius 1 is 1.52 bits per heavy atom. The number of pyridine rings is 1. The molecule has 0 saturated carbocycles. The predicted molar refractivity (Wildman–Crippen MR) is 80.8 cm³/mol. The Bertz CT molecular complexity index is 668. The first kappa shape index (κ1) is 14.4. The Morgan fingerprint density at radius 2 is 2.33 bits per heavy atom. The smallest absolute Gasteiger partial charge is 0.257 e. The minimum Gasteiger partial charge on any atom is -0.367 e. The van der Waals surface area contributed by atoms with Gasteiger partial charge >= 0.3 is 0 Å². The van der Waals surface area contributed by atoms with Crippen molar-refractivity contribution in [2.75, 3.05) is 19.0 Å². The van der Waals surface area contributed by atoms with Crippen LogP contribution in [0.5, 0.6) is 0 Å². The maximum absolute atomic E-state index is 12.8. The maximum atomic E-state index is 12.8. The van der Waals surface area contributed by atoms with Crippen LogP contribution in [0.25, 0.3) is 5.52 Å². The summed E-state index contributed by atoms with van der Waals surface area (Å²) in [6.45, 7) is 5.00. The predicted octanol–water partition coefficient (Wildman–Crippen LogP) is 2.19. The van der Waals surface area contributed by atoms with Crippen LogP contribution in [0.15, 0.2) is 30.6 Å². The van der Waals surface area contributed by atoms with Crippen LogP contribution >= 0.6 is 11.6 Å². The monoisotopic (exact) mass is 307 g/mol. The molecule has 0 bridgehead atoms. The Balaban J connectivity index is 1.90. The number of carbonyl (C=O) groups is 1. The van der Waals surface area contributed by atoms with Crippen molar-refractivity contribution in [1.82, 2.24) is 14.5 Å². The van der Waals surface area contributed by atoms with E-state index in [9.17, 15) is 4.79 Å². The molecule has 6 heteroatoms. The third-order valence-electron chi connectivity index (χ3n) is 3.60. The van der Waals surface area contributed by atoms with E-state index in [0.717, 1.165) is 5.52 Å². The highest BCUT2D eigenvalue weighted by Gasteiger charge is 2.36. The number of ether oxygens (including phenoxy) is 1. The highest BCUT2D eigenvalue weighted by Crippen LogP contribution is 2.24. The summed E-state index contributed by atoms with van der Waals surface area (Å²) in [6.07, 6.45) is 3.31. The first-order valence-electron chi connectivity index (χ1n) is 6.95. The lowest BCUT2D eigenvalue weighted by molar-refractivity contribution is -0.117. The summed E-state index contributed by atoms with van der Waals surface area (Å²) in [6, 6.07) is 5.68. The van der Waals surface area contributed by atoms with E-state index in [-0.39, 0.29) is 12.0 Å². The van der Waals surface area contributed by atoms with Crippen molar-refractivity contribution in [3.05, 3.63) is 36.2 Å². The molecule has 0 aromatic carbocycles. The van der Waals surface area contributed by atoms with Gasteiger partial charge < -0.3 is 9.64 Å². The Morgan fingerprint density at radius 3 is 3.10 bits per heavy atom. The molecule has 0 N–H and O–H groups in total. The van der Waals surface area contributed by atoms with Crippen LogP contribution < -0.4 is 0 Å². The number of halogens is 1. The van der Waals surface area contributed by atoms with E-state index in [0.29, 0.717) is 24.5 Å². The van der Waals surface area contributed by atoms with E-state index in [1.165, 1.54) is 0 Å². The fraction of sp³-hybridized carbons (Fsp3) is 0.467. The number of carbonyl (C=O) groups excluding carboxylic acids is 1. The molecule has 1 fully saturated rings. The van der Waals surface area contributed by atoms with Crippen molar-refractivity contribution >= 4 is 23.0 Å². The minimum absolute atomic E-state index is 0.0253. The molecule has 112 valence electrons. The Hall–Kier alpha value is -1.59. The zero-order valence-electron chi connectivity index (χ0n) is 12.1. The second-order valence-electron chi connectivity index (χ2n) is 5.93. The van der Waals surface area contributed by atoms with Gasteiger partial charge in [-0.25, -0.2) is 4.52 Å². The molecule has 21 heavy (non-hydrogen) atoms. The zero-order chi connectivity index (χ0) is 15.0. The van der Waals surface area contributed by atoms with Crippen LogP contribution in [0.1, 0.15) is 24.2 Å². The van der Waals surface area contributed by atoms with Gasteiger partial charge in [-0.2, -0.15) is 5.10 Å². The molecule has 1 unspecified atom stereocenters. The first-order chi connectivity index (χ1) is 10.00. The molecule has 1 aliphatic rings. The van der Waals surface area contributed by atoms with Crippen LogP contribution in [0, 0.1) is 0 Å². The second-order valence-corrected chi connectivity index (χ2v) is 6.24. The van der Waals surface area contributed by atoms with Crippen LogP contribution in [-0.2, 0) is 4.74 Å². The Kier molecular flexibility index (Phi) is 3.63. The summed E-state index contributed by atoms with van der Waals surface area (Å²) in [5, 5.41) is 4.22. The third kappa shape index (κ3) is 2.76. The molecular formula is C15H18ClN3O2. The number of nitrogens with zero attached hydrogens (tertiary/aromatic N) is 3. The van der Waals surface area contributed by atoms with E-state index < -0.39 is 5.60 Å². The van der Waals surface area contributed by atoms with Crippen molar-refractivity contribution < 1.29 is 9.53 Å². The normalized spacial score (nSPS) is 21.7. The molecule has 3 rings (SSSR count). The van der Waals surface area contributed by atoms with E-state index >= 15 is 0 Å². The van der Waals surface area contributed by atoms with Gasteiger partial charge in [0.2, 0.25) is 0 Å². The van der Waals surface area contributed by atoms with Gasteiger partial charge in [-0.3, -0.25) is 4.79 Å². The summed E-state index contributed by atoms with van der Waals surface area (Å²) in [5.41, 5.74) is 1.03. The first-order valence-corrected chi connectivity index (χ1v) is 7.49. The van der Waals surface area contributed by atoms with Gasteiger partial charge in [0.1, 0.15) is 0 Å². The van der Waals surface area contributed by atoms with E-state index in [1.807, 2.05) is 38.2 Å². The van der Waals surface area contributed by atoms with Gasteiger partial charge in [-0.15, -0.1) is 11.6 Å². The molecule has 1 aliphatic heterocycles. The number of aromatic nitrogens is 2. The Labute approximate surface area is 128 Å². The number of hydrogen-bond acceptors (Lipinski definition) is 3. The van der Waals surface area contributed by atoms with Crippen LogP contribution in [0.2, 0.25) is 0 Å². The molecule has 2 aromatic rings. The van der Waals surface area contributed by atoms with Gasteiger partial charge in [-0.1, -0.05) is 6.07 Å². The van der Waals surface area contributed by atoms with Crippen LogP contribution in [0.4, 0.5) is 0 Å². The average molecular weight is 308 g/mol. The highest BCUT2D eigenvalue weighted by molar-refractivity contribution is 6.18. The molecule has 1 saturated heterocycles. The standard InChI is InChI=1S/C15H18ClN3O2/c1-15(2)10-18(9-11(7-16)21-15)14(20)12-8-17-19-6-4-3-5-13(12)19/h3-6,8,11H,7,9-10H2,1-2H3. The summed E-state index contributed by atoms with van der Waals surface area (Å²) >= 11 is 5.92. The molecule has 5 nitrogen and oxygen atoms in total. The molecule has 2 aromatic heterocycles. The molecule has 0 spiro atoms. The highest BCUT2D eigenvalue weighted by atomic mass is 35.5. The van der Waals surface area contributed by atoms with Crippen LogP contribution in [-0.4, -0.2) is 51.1 Å². The minimum atomic E-state index is -0.392. The van der Waals surface area contributed by atoms with Gasteiger partial charge in [0.05, 0.1) is 34.9 Å². The summed E-state index contributed by atoms with van der Waals surface area (Å²) < 4.78 is 7.57. The molecular weight excluding hydrogens is 290 g/mol. The van der Waals surface area contributed by atoms with Crippen molar-refractivity contribution in [3.63, 3.8) is 0 Å². The van der Waals surface area contributed by atoms with Gasteiger partial charge in [0.15, 0.2) is 0 Å². The van der Waals surface area contributed by atoms with Gasteiger partial charge in [0.25, 0.3) is 5.91 Å². The largest absolute Gasteiger partial charge is 0.367 e. The lowest BCUT2D eigenvalue weighted by Gasteiger charge is -2.42. The van der Waals surface area contributed by atoms with Gasteiger partial charge in [0, 0.05) is 19.3 Å². The summed E-state index contributed by atoms with van der Waals surface area (Å²) in [7, 11) is 0. The number of alkyl halides is 1. The van der Waals surface area contributed by atoms with Crippen LogP contribution in [0.3, 0.4) is 0 Å². The summed E-state index contributed by atoms with van der Waals surface area (Å²) in [4.78, 5) is 14.6. The SMILES string of the molecule is CC1(C)CN(C(=O)c2cnn3ccccc23)CC(CCl)O1. The number of morpholine rings is 1. The van der Waals surface area contributed by atoms with Crippen molar-refractivity contribution in [3.8, 4) is 0 Å². The number of rotatable bonds is 2. The fourth-order valence-corrected chi connectivity index (χ4v) is 2.96. The third-order valence-corrected chi connectivity index (χ3v) is 3.94. The lowest BCUT2D eigenvalue weighted by atomic mass is 10.0. The van der Waals surface area contributed by atoms with Crippen molar-refractivity contribution in [2.24, 2.45) is 0 Å². The number of amides is 1. The maximum Gasteiger partial charge on any atom is 0.257 e. The molecule has 1 atom stereocenters.